The second-order valence-electron chi connectivity index (χ2n) is 3.44. The van der Waals surface area contributed by atoms with Crippen LogP contribution in [-0.4, -0.2) is 15.9 Å². The van der Waals surface area contributed by atoms with Gasteiger partial charge in [-0.1, -0.05) is 45.9 Å². The molecule has 1 nitrogen and oxygen atoms in total. The molecule has 0 aliphatic rings. The molecule has 0 fully saturated rings. The Morgan fingerprint density at radius 3 is 2.19 bits per heavy atom. The Kier molecular flexibility index (Phi) is 6.69. The van der Waals surface area contributed by atoms with Crippen molar-refractivity contribution in [1.82, 2.24) is 0 Å². The number of allylic oxidation sites excluding steroid dienone is 1. The fourth-order valence-electron chi connectivity index (χ4n) is 1.18. The van der Waals surface area contributed by atoms with Crippen molar-refractivity contribution < 1.29 is 4.43 Å². The molecule has 0 bridgehead atoms. The molecule has 2 radical (unpaired) electrons. The van der Waals surface area contributed by atoms with Gasteiger partial charge >= 0.3 is 0 Å². The van der Waals surface area contributed by atoms with Crippen LogP contribution in [0, 0.1) is 0 Å². The van der Waals surface area contributed by atoms with Crippen LogP contribution in [0.15, 0.2) is 61.3 Å². The Balaban J connectivity index is 4.93. The van der Waals surface area contributed by atoms with E-state index in [-0.39, 0.29) is 6.10 Å². The summed E-state index contributed by atoms with van der Waals surface area (Å²) in [6.07, 6.45) is 2.32. The normalized spacial score (nSPS) is 11.6. The van der Waals surface area contributed by atoms with Crippen molar-refractivity contribution in [2.45, 2.75) is 26.0 Å². The SMILES string of the molecule is C=CC(=C)C(=C)C(O[Si]C)C(=C)C(=C)CC. The molecule has 1 unspecified atom stereocenters. The molecular formula is C14H20OSi. The van der Waals surface area contributed by atoms with E-state index >= 15 is 0 Å². The third kappa shape index (κ3) is 3.80. The van der Waals surface area contributed by atoms with Crippen LogP contribution in [-0.2, 0) is 4.43 Å². The molecule has 0 aliphatic carbocycles. The zero-order valence-corrected chi connectivity index (χ0v) is 11.3. The Labute approximate surface area is 102 Å². The molecule has 2 heteroatoms. The Morgan fingerprint density at radius 1 is 1.25 bits per heavy atom. The highest BCUT2D eigenvalue weighted by Crippen LogP contribution is 2.25. The predicted octanol–water partition coefficient (Wildman–Crippen LogP) is 3.86. The summed E-state index contributed by atoms with van der Waals surface area (Å²) in [6.45, 7) is 23.6. The lowest BCUT2D eigenvalue weighted by molar-refractivity contribution is 0.296. The van der Waals surface area contributed by atoms with Crippen LogP contribution in [0.4, 0.5) is 0 Å². The first-order valence-electron chi connectivity index (χ1n) is 5.19. The van der Waals surface area contributed by atoms with E-state index in [1.165, 1.54) is 0 Å². The van der Waals surface area contributed by atoms with E-state index in [2.05, 4.69) is 32.9 Å². The Hall–Kier alpha value is -1.12. The van der Waals surface area contributed by atoms with Gasteiger partial charge in [0.2, 0.25) is 9.76 Å². The fourth-order valence-corrected chi connectivity index (χ4v) is 1.70. The van der Waals surface area contributed by atoms with E-state index in [1.807, 2.05) is 13.5 Å². The molecule has 0 amide bonds. The Morgan fingerprint density at radius 2 is 1.81 bits per heavy atom. The zero-order chi connectivity index (χ0) is 12.7. The minimum Gasteiger partial charge on any atom is -0.407 e. The lowest BCUT2D eigenvalue weighted by Crippen LogP contribution is -2.20. The molecule has 0 aliphatic heterocycles. The monoisotopic (exact) mass is 232 g/mol. The first-order valence-corrected chi connectivity index (χ1v) is 6.60. The van der Waals surface area contributed by atoms with Crippen molar-refractivity contribution in [2.24, 2.45) is 0 Å². The van der Waals surface area contributed by atoms with Crippen LogP contribution in [0.3, 0.4) is 0 Å². The van der Waals surface area contributed by atoms with Crippen molar-refractivity contribution in [3.05, 3.63) is 61.3 Å². The average Bonchev–Trinajstić information content (AvgIpc) is 2.32. The third-order valence-electron chi connectivity index (χ3n) is 2.41. The van der Waals surface area contributed by atoms with E-state index in [1.54, 1.807) is 6.08 Å². The highest BCUT2D eigenvalue weighted by molar-refractivity contribution is 6.25. The van der Waals surface area contributed by atoms with Gasteiger partial charge in [-0.15, -0.1) is 0 Å². The summed E-state index contributed by atoms with van der Waals surface area (Å²) < 4.78 is 5.67. The van der Waals surface area contributed by atoms with Crippen LogP contribution < -0.4 is 0 Å². The van der Waals surface area contributed by atoms with Gasteiger partial charge in [0.25, 0.3) is 0 Å². The summed E-state index contributed by atoms with van der Waals surface area (Å²) >= 11 is 0. The molecule has 86 valence electrons. The molecule has 16 heavy (non-hydrogen) atoms. The molecular weight excluding hydrogens is 212 g/mol. The minimum absolute atomic E-state index is 0.221. The first kappa shape index (κ1) is 14.9. The fraction of sp³-hybridized carbons (Fsp3) is 0.286. The van der Waals surface area contributed by atoms with Crippen molar-refractivity contribution in [1.29, 1.82) is 0 Å². The van der Waals surface area contributed by atoms with E-state index in [9.17, 15) is 0 Å². The van der Waals surface area contributed by atoms with Crippen LogP contribution in [0.5, 0.6) is 0 Å². The molecule has 0 rings (SSSR count). The maximum Gasteiger partial charge on any atom is 0.227 e. The zero-order valence-electron chi connectivity index (χ0n) is 10.3. The van der Waals surface area contributed by atoms with Crippen molar-refractivity contribution in [2.75, 3.05) is 0 Å². The van der Waals surface area contributed by atoms with Gasteiger partial charge in [-0.3, -0.25) is 0 Å². The molecule has 0 aromatic heterocycles. The summed E-state index contributed by atoms with van der Waals surface area (Å²) in [7, 11) is 0.374. The largest absolute Gasteiger partial charge is 0.407 e. The second-order valence-corrected chi connectivity index (χ2v) is 4.08. The van der Waals surface area contributed by atoms with Gasteiger partial charge < -0.3 is 4.43 Å². The van der Waals surface area contributed by atoms with Gasteiger partial charge in [0.1, 0.15) is 0 Å². The number of hydrogen-bond acceptors (Lipinski definition) is 1. The summed E-state index contributed by atoms with van der Waals surface area (Å²) in [6, 6.07) is 0. The van der Waals surface area contributed by atoms with Gasteiger partial charge in [0.15, 0.2) is 0 Å². The number of hydrogen-bond donors (Lipinski definition) is 0. The molecule has 0 heterocycles. The van der Waals surface area contributed by atoms with Gasteiger partial charge in [-0.05, 0) is 35.3 Å². The van der Waals surface area contributed by atoms with E-state index in [0.717, 1.165) is 28.7 Å². The highest BCUT2D eigenvalue weighted by atomic mass is 28.2. The van der Waals surface area contributed by atoms with Crippen LogP contribution in [0.1, 0.15) is 13.3 Å². The second kappa shape index (κ2) is 7.20. The molecule has 0 spiro atoms. The van der Waals surface area contributed by atoms with Crippen molar-refractivity contribution >= 4 is 9.76 Å². The maximum atomic E-state index is 5.67. The summed E-state index contributed by atoms with van der Waals surface area (Å²) in [5.74, 6) is 0. The molecule has 0 saturated heterocycles. The molecule has 1 atom stereocenters. The molecule has 0 aromatic carbocycles. The highest BCUT2D eigenvalue weighted by Gasteiger charge is 2.18. The van der Waals surface area contributed by atoms with E-state index in [4.69, 9.17) is 4.43 Å². The maximum absolute atomic E-state index is 5.67. The van der Waals surface area contributed by atoms with E-state index in [0.29, 0.717) is 9.76 Å². The number of rotatable bonds is 8. The predicted molar refractivity (Wildman–Crippen MR) is 73.5 cm³/mol. The smallest absolute Gasteiger partial charge is 0.227 e. The van der Waals surface area contributed by atoms with Crippen LogP contribution in [0.2, 0.25) is 6.55 Å². The third-order valence-corrected chi connectivity index (χ3v) is 2.88. The standard InChI is InChI=1S/C14H20OSi/c1-8-10(3)12(5)14(15-16-7)13(6)11(4)9-2/h8,14H,1,3-6,9H2,2,7H3. The summed E-state index contributed by atoms with van der Waals surface area (Å²) in [4.78, 5) is 0. The average molecular weight is 232 g/mol. The van der Waals surface area contributed by atoms with Gasteiger partial charge in [0.05, 0.1) is 6.10 Å². The van der Waals surface area contributed by atoms with Gasteiger partial charge in [-0.25, -0.2) is 0 Å². The quantitative estimate of drug-likeness (QED) is 0.456. The summed E-state index contributed by atoms with van der Waals surface area (Å²) in [5, 5.41) is 0. The Bertz CT molecular complexity index is 326. The van der Waals surface area contributed by atoms with Crippen LogP contribution in [0.25, 0.3) is 0 Å². The van der Waals surface area contributed by atoms with Gasteiger partial charge in [-0.2, -0.15) is 0 Å². The minimum atomic E-state index is -0.221. The van der Waals surface area contributed by atoms with Crippen molar-refractivity contribution in [3.8, 4) is 0 Å². The molecule has 0 saturated carbocycles. The van der Waals surface area contributed by atoms with Gasteiger partial charge in [0, 0.05) is 0 Å². The first-order chi connectivity index (χ1) is 7.49. The lowest BCUT2D eigenvalue weighted by Gasteiger charge is -2.23. The summed E-state index contributed by atoms with van der Waals surface area (Å²) in [5.41, 5.74) is 3.46. The van der Waals surface area contributed by atoms with Crippen LogP contribution >= 0.6 is 0 Å². The molecule has 0 N–H and O–H groups in total. The molecule has 0 aromatic rings. The topological polar surface area (TPSA) is 9.23 Å². The lowest BCUT2D eigenvalue weighted by atomic mass is 9.93. The van der Waals surface area contributed by atoms with E-state index < -0.39 is 0 Å². The van der Waals surface area contributed by atoms with Crippen molar-refractivity contribution in [3.63, 3.8) is 0 Å².